The Morgan fingerprint density at radius 2 is 2.08 bits per heavy atom. The van der Waals surface area contributed by atoms with Crippen LogP contribution in [0.1, 0.15) is 16.1 Å². The largest absolute Gasteiger partial charge is 0.493 e. The van der Waals surface area contributed by atoms with Gasteiger partial charge in [0.1, 0.15) is 0 Å². The summed E-state index contributed by atoms with van der Waals surface area (Å²) < 4.78 is 10.8. The van der Waals surface area contributed by atoms with Crippen molar-refractivity contribution in [1.82, 2.24) is 5.32 Å². The van der Waals surface area contributed by atoms with E-state index in [-0.39, 0.29) is 18.2 Å². The van der Waals surface area contributed by atoms with Gasteiger partial charge in [0.25, 0.3) is 5.91 Å². The third-order valence-corrected chi connectivity index (χ3v) is 3.58. The van der Waals surface area contributed by atoms with E-state index in [1.54, 1.807) is 31.4 Å². The fourth-order valence-corrected chi connectivity index (χ4v) is 2.42. The Bertz CT molecular complexity index is 950. The number of carbonyl (C=O) groups is 1. The van der Waals surface area contributed by atoms with Crippen LogP contribution in [0.2, 0.25) is 5.02 Å². The van der Waals surface area contributed by atoms with Crippen LogP contribution in [-0.4, -0.2) is 19.6 Å². The van der Waals surface area contributed by atoms with E-state index in [0.29, 0.717) is 16.4 Å². The third-order valence-electron chi connectivity index (χ3n) is 3.35. The van der Waals surface area contributed by atoms with E-state index in [1.165, 1.54) is 0 Å². The summed E-state index contributed by atoms with van der Waals surface area (Å²) in [6.07, 6.45) is 0. The molecular weight excluding hydrogens is 326 g/mol. The molecule has 3 rings (SSSR count). The number of hydrogen-bond donors (Lipinski definition) is 1. The second-order valence-electron chi connectivity index (χ2n) is 4.98. The molecule has 0 radical (unpaired) electrons. The van der Waals surface area contributed by atoms with Crippen molar-refractivity contribution >= 4 is 28.5 Å². The SMILES string of the molecule is COc1cccc2cc(C(=O)NCC#Cc3cccc(Cl)c3)oc12. The first-order valence-electron chi connectivity index (χ1n) is 7.26. The molecule has 1 aromatic heterocycles. The summed E-state index contributed by atoms with van der Waals surface area (Å²) in [5.41, 5.74) is 1.35. The lowest BCUT2D eigenvalue weighted by Gasteiger charge is -1.99. The fourth-order valence-electron chi connectivity index (χ4n) is 2.23. The minimum absolute atomic E-state index is 0.208. The Hall–Kier alpha value is -2.90. The molecule has 0 aliphatic rings. The summed E-state index contributed by atoms with van der Waals surface area (Å²) in [5, 5.41) is 4.14. The van der Waals surface area contributed by atoms with Gasteiger partial charge in [0.15, 0.2) is 17.1 Å². The van der Waals surface area contributed by atoms with Crippen molar-refractivity contribution in [2.24, 2.45) is 0 Å². The molecule has 0 unspecified atom stereocenters. The third kappa shape index (κ3) is 3.53. The van der Waals surface area contributed by atoms with E-state index in [2.05, 4.69) is 17.2 Å². The number of halogens is 1. The number of amides is 1. The van der Waals surface area contributed by atoms with Gasteiger partial charge in [-0.3, -0.25) is 4.79 Å². The summed E-state index contributed by atoms with van der Waals surface area (Å²) >= 11 is 5.89. The van der Waals surface area contributed by atoms with Crippen LogP contribution >= 0.6 is 11.6 Å². The summed E-state index contributed by atoms with van der Waals surface area (Å²) in [7, 11) is 1.56. The molecule has 5 heteroatoms. The number of hydrogen-bond acceptors (Lipinski definition) is 3. The summed E-state index contributed by atoms with van der Waals surface area (Å²) in [4.78, 5) is 12.1. The van der Waals surface area contributed by atoms with Crippen molar-refractivity contribution in [3.63, 3.8) is 0 Å². The Morgan fingerprint density at radius 3 is 2.88 bits per heavy atom. The van der Waals surface area contributed by atoms with Crippen molar-refractivity contribution < 1.29 is 13.9 Å². The Labute approximate surface area is 144 Å². The molecule has 0 fully saturated rings. The zero-order valence-electron chi connectivity index (χ0n) is 12.9. The molecule has 2 aromatic carbocycles. The number of ether oxygens (including phenoxy) is 1. The van der Waals surface area contributed by atoms with Crippen LogP contribution < -0.4 is 10.1 Å². The molecule has 1 amide bonds. The van der Waals surface area contributed by atoms with Gasteiger partial charge >= 0.3 is 0 Å². The van der Waals surface area contributed by atoms with E-state index in [9.17, 15) is 4.79 Å². The lowest BCUT2D eigenvalue weighted by molar-refractivity contribution is 0.0933. The molecule has 120 valence electrons. The van der Waals surface area contributed by atoms with Crippen LogP contribution in [0.5, 0.6) is 5.75 Å². The molecule has 3 aromatic rings. The van der Waals surface area contributed by atoms with Gasteiger partial charge in [0, 0.05) is 16.0 Å². The second kappa shape index (κ2) is 7.12. The molecular formula is C19H14ClNO3. The van der Waals surface area contributed by atoms with E-state index in [1.807, 2.05) is 24.3 Å². The highest BCUT2D eigenvalue weighted by Gasteiger charge is 2.13. The molecule has 4 nitrogen and oxygen atoms in total. The van der Waals surface area contributed by atoms with Crippen LogP contribution in [0.15, 0.2) is 52.9 Å². The van der Waals surface area contributed by atoms with Crippen molar-refractivity contribution in [2.75, 3.05) is 13.7 Å². The normalized spacial score (nSPS) is 10.1. The van der Waals surface area contributed by atoms with Gasteiger partial charge in [-0.25, -0.2) is 0 Å². The standard InChI is InChI=1S/C19H14ClNO3/c1-23-16-9-3-7-14-12-17(24-18(14)16)19(22)21-10-4-6-13-5-2-8-15(20)11-13/h2-3,5,7-9,11-12H,10H2,1H3,(H,21,22). The monoisotopic (exact) mass is 339 g/mol. The van der Waals surface area contributed by atoms with E-state index < -0.39 is 0 Å². The number of nitrogens with one attached hydrogen (secondary N) is 1. The molecule has 0 aliphatic carbocycles. The van der Waals surface area contributed by atoms with Crippen molar-refractivity contribution in [3.8, 4) is 17.6 Å². The number of methoxy groups -OCH3 is 1. The van der Waals surface area contributed by atoms with Crippen LogP contribution in [0.25, 0.3) is 11.0 Å². The van der Waals surface area contributed by atoms with Crippen molar-refractivity contribution in [2.45, 2.75) is 0 Å². The minimum atomic E-state index is -0.325. The number of para-hydroxylation sites is 1. The maximum absolute atomic E-state index is 12.1. The first kappa shape index (κ1) is 16.0. The lowest BCUT2D eigenvalue weighted by Crippen LogP contribution is -2.22. The molecule has 0 atom stereocenters. The Kier molecular flexibility index (Phi) is 4.74. The fraction of sp³-hybridized carbons (Fsp3) is 0.105. The van der Waals surface area contributed by atoms with Gasteiger partial charge in [-0.15, -0.1) is 0 Å². The maximum Gasteiger partial charge on any atom is 0.287 e. The topological polar surface area (TPSA) is 51.5 Å². The molecule has 0 aliphatic heterocycles. The zero-order chi connectivity index (χ0) is 16.9. The number of rotatable bonds is 3. The molecule has 1 N–H and O–H groups in total. The van der Waals surface area contributed by atoms with E-state index >= 15 is 0 Å². The van der Waals surface area contributed by atoms with Crippen molar-refractivity contribution in [1.29, 1.82) is 0 Å². The van der Waals surface area contributed by atoms with Crippen LogP contribution in [0.3, 0.4) is 0 Å². The summed E-state index contributed by atoms with van der Waals surface area (Å²) in [6, 6.07) is 14.4. The minimum Gasteiger partial charge on any atom is -0.493 e. The van der Waals surface area contributed by atoms with Crippen LogP contribution in [-0.2, 0) is 0 Å². The predicted molar refractivity (Wildman–Crippen MR) is 93.4 cm³/mol. The zero-order valence-corrected chi connectivity index (χ0v) is 13.7. The second-order valence-corrected chi connectivity index (χ2v) is 5.42. The maximum atomic E-state index is 12.1. The van der Waals surface area contributed by atoms with E-state index in [4.69, 9.17) is 20.8 Å². The quantitative estimate of drug-likeness (QED) is 0.737. The van der Waals surface area contributed by atoms with E-state index in [0.717, 1.165) is 10.9 Å². The summed E-state index contributed by atoms with van der Waals surface area (Å²) in [6.45, 7) is 0.208. The molecule has 24 heavy (non-hydrogen) atoms. The molecule has 0 saturated carbocycles. The number of carbonyl (C=O) groups excluding carboxylic acids is 1. The molecule has 0 spiro atoms. The van der Waals surface area contributed by atoms with Gasteiger partial charge in [0.2, 0.25) is 0 Å². The van der Waals surface area contributed by atoms with Gasteiger partial charge < -0.3 is 14.5 Å². The summed E-state index contributed by atoms with van der Waals surface area (Å²) in [5.74, 6) is 6.30. The van der Waals surface area contributed by atoms with Gasteiger partial charge in [-0.2, -0.15) is 0 Å². The van der Waals surface area contributed by atoms with Crippen LogP contribution in [0.4, 0.5) is 0 Å². The number of furan rings is 1. The Morgan fingerprint density at radius 1 is 1.25 bits per heavy atom. The lowest BCUT2D eigenvalue weighted by atomic mass is 10.2. The molecule has 0 saturated heterocycles. The van der Waals surface area contributed by atoms with Gasteiger partial charge in [0.05, 0.1) is 13.7 Å². The first-order valence-corrected chi connectivity index (χ1v) is 7.64. The number of benzene rings is 2. The highest BCUT2D eigenvalue weighted by atomic mass is 35.5. The smallest absolute Gasteiger partial charge is 0.287 e. The molecule has 1 heterocycles. The van der Waals surface area contributed by atoms with Gasteiger partial charge in [-0.1, -0.05) is 41.6 Å². The highest BCUT2D eigenvalue weighted by Crippen LogP contribution is 2.28. The average Bonchev–Trinajstić information content (AvgIpc) is 3.03. The molecule has 0 bridgehead atoms. The first-order chi connectivity index (χ1) is 11.7. The van der Waals surface area contributed by atoms with Gasteiger partial charge in [-0.05, 0) is 30.3 Å². The highest BCUT2D eigenvalue weighted by molar-refractivity contribution is 6.30. The average molecular weight is 340 g/mol. The van der Waals surface area contributed by atoms with Crippen LogP contribution in [0, 0.1) is 11.8 Å². The number of fused-ring (bicyclic) bond motifs is 1. The van der Waals surface area contributed by atoms with Crippen molar-refractivity contribution in [3.05, 3.63) is 64.9 Å². The Balaban J connectivity index is 1.68. The predicted octanol–water partition coefficient (Wildman–Crippen LogP) is 3.88.